The third kappa shape index (κ3) is 4.40. The molecule has 0 atom stereocenters. The molecule has 13 heteroatoms. The molecule has 0 radical (unpaired) electrons. The summed E-state index contributed by atoms with van der Waals surface area (Å²) in [5.41, 5.74) is -1.50. The highest BCUT2D eigenvalue weighted by molar-refractivity contribution is 9.10. The minimum absolute atomic E-state index is 0.0685. The molecule has 1 aliphatic heterocycles. The zero-order valence-corrected chi connectivity index (χ0v) is 18.3. The lowest BCUT2D eigenvalue weighted by Crippen LogP contribution is -2.25. The van der Waals surface area contributed by atoms with Gasteiger partial charge in [-0.1, -0.05) is 15.9 Å². The summed E-state index contributed by atoms with van der Waals surface area (Å²) in [6.07, 6.45) is 1.24. The second-order valence-corrected chi connectivity index (χ2v) is 7.34. The van der Waals surface area contributed by atoms with Crippen LogP contribution < -0.4 is 14.5 Å². The molecule has 2 aromatic rings. The first-order valence-corrected chi connectivity index (χ1v) is 9.62. The number of hydrogen-bond donors (Lipinski definition) is 1. The van der Waals surface area contributed by atoms with Gasteiger partial charge in [0, 0.05) is 4.47 Å². The lowest BCUT2D eigenvalue weighted by atomic mass is 10.1. The fraction of sp³-hybridized carbons (Fsp3) is 0.150. The van der Waals surface area contributed by atoms with Gasteiger partial charge in [-0.3, -0.25) is 4.79 Å². The zero-order valence-electron chi connectivity index (χ0n) is 16.7. The van der Waals surface area contributed by atoms with E-state index in [9.17, 15) is 31.5 Å². The molecule has 1 N–H and O–H groups in total. The molecule has 0 saturated heterocycles. The molecular weight excluding hydrogens is 523 g/mol. The Morgan fingerprint density at radius 2 is 1.67 bits per heavy atom. The van der Waals surface area contributed by atoms with Gasteiger partial charge in [0.2, 0.25) is 5.82 Å². The van der Waals surface area contributed by atoms with Gasteiger partial charge in [-0.25, -0.2) is 26.7 Å². The number of carbonyl (C=O) groups excluding carboxylic acids is 1. The van der Waals surface area contributed by atoms with Crippen molar-refractivity contribution in [3.8, 4) is 11.5 Å². The quantitative estimate of drug-likeness (QED) is 0.256. The third-order valence-corrected chi connectivity index (χ3v) is 5.08. The van der Waals surface area contributed by atoms with Crippen molar-refractivity contribution in [3.63, 3.8) is 0 Å². The van der Waals surface area contributed by atoms with E-state index >= 15 is 0 Å². The Labute approximate surface area is 190 Å². The van der Waals surface area contributed by atoms with E-state index in [4.69, 9.17) is 14.6 Å². The highest BCUT2D eigenvalue weighted by atomic mass is 79.9. The fourth-order valence-corrected chi connectivity index (χ4v) is 3.28. The Kier molecular flexibility index (Phi) is 6.72. The predicted octanol–water partition coefficient (Wildman–Crippen LogP) is 4.42. The molecular formula is C20H12BrF5N2O5. The zero-order chi connectivity index (χ0) is 24.6. The molecule has 0 aliphatic carbocycles. The van der Waals surface area contributed by atoms with Crippen molar-refractivity contribution in [3.05, 3.63) is 56.8 Å². The van der Waals surface area contributed by atoms with Crippen molar-refractivity contribution >= 4 is 45.3 Å². The van der Waals surface area contributed by atoms with E-state index < -0.39 is 53.3 Å². The number of hydrogen-bond acceptors (Lipinski definition) is 5. The second-order valence-electron chi connectivity index (χ2n) is 6.49. The summed E-state index contributed by atoms with van der Waals surface area (Å²) in [4.78, 5) is 23.5. The monoisotopic (exact) mass is 534 g/mol. The number of halogens is 6. The van der Waals surface area contributed by atoms with Gasteiger partial charge in [0.25, 0.3) is 5.91 Å². The molecule has 0 unspecified atom stereocenters. The number of benzene rings is 2. The molecule has 0 fully saturated rings. The average molecular weight is 535 g/mol. The van der Waals surface area contributed by atoms with E-state index in [2.05, 4.69) is 21.0 Å². The molecule has 1 amide bonds. The van der Waals surface area contributed by atoms with Crippen LogP contribution in [0.2, 0.25) is 0 Å². The van der Waals surface area contributed by atoms with Crippen molar-refractivity contribution < 1.29 is 46.1 Å². The van der Waals surface area contributed by atoms with Crippen LogP contribution in [-0.2, 0) is 9.59 Å². The van der Waals surface area contributed by atoms with Crippen molar-refractivity contribution in [1.29, 1.82) is 0 Å². The van der Waals surface area contributed by atoms with Crippen LogP contribution in [0.5, 0.6) is 11.5 Å². The Morgan fingerprint density at radius 3 is 2.21 bits per heavy atom. The van der Waals surface area contributed by atoms with Crippen molar-refractivity contribution in [2.45, 2.75) is 6.92 Å². The lowest BCUT2D eigenvalue weighted by Gasteiger charge is -2.15. The van der Waals surface area contributed by atoms with Gasteiger partial charge in [-0.2, -0.15) is 10.1 Å². The van der Waals surface area contributed by atoms with Crippen LogP contribution in [0, 0.1) is 29.1 Å². The van der Waals surface area contributed by atoms with E-state index in [-0.39, 0.29) is 33.4 Å². The van der Waals surface area contributed by atoms with Crippen LogP contribution in [0.3, 0.4) is 0 Å². The molecule has 7 nitrogen and oxygen atoms in total. The average Bonchev–Trinajstić information content (AvgIpc) is 3.04. The summed E-state index contributed by atoms with van der Waals surface area (Å²) in [6, 6.07) is 2.73. The van der Waals surface area contributed by atoms with Crippen molar-refractivity contribution in [2.75, 3.05) is 18.7 Å². The largest absolute Gasteiger partial charge is 0.493 e. The molecule has 3 rings (SSSR count). The number of rotatable bonds is 6. The Balaban J connectivity index is 2.04. The van der Waals surface area contributed by atoms with Crippen LogP contribution in [0.4, 0.5) is 27.6 Å². The number of hydrazone groups is 1. The summed E-state index contributed by atoms with van der Waals surface area (Å²) in [7, 11) is 1.28. The van der Waals surface area contributed by atoms with Gasteiger partial charge >= 0.3 is 5.97 Å². The number of ether oxygens (including phenoxy) is 2. The minimum atomic E-state index is -2.36. The maximum absolute atomic E-state index is 14.2. The van der Waals surface area contributed by atoms with Gasteiger partial charge < -0.3 is 14.6 Å². The molecule has 1 heterocycles. The number of amides is 1. The van der Waals surface area contributed by atoms with Crippen molar-refractivity contribution in [1.82, 2.24) is 0 Å². The summed E-state index contributed by atoms with van der Waals surface area (Å²) in [5.74, 6) is -13.4. The molecule has 174 valence electrons. The van der Waals surface area contributed by atoms with E-state index in [1.165, 1.54) is 32.2 Å². The normalized spacial score (nSPS) is 14.7. The molecule has 33 heavy (non-hydrogen) atoms. The highest BCUT2D eigenvalue weighted by Gasteiger charge is 2.37. The topological polar surface area (TPSA) is 88.4 Å². The molecule has 0 saturated carbocycles. The number of anilines is 1. The SMILES string of the molecule is COc1cc(/C=C2/C(=O)N(c3c(F)c(F)c(F)c(F)c3F)N=C2C)c(Br)cc1OCC(=O)O. The summed E-state index contributed by atoms with van der Waals surface area (Å²) < 4.78 is 79.4. The van der Waals surface area contributed by atoms with E-state index in [1.807, 2.05) is 0 Å². The maximum Gasteiger partial charge on any atom is 0.341 e. The van der Waals surface area contributed by atoms with E-state index in [0.29, 0.717) is 4.47 Å². The third-order valence-electron chi connectivity index (χ3n) is 4.39. The van der Waals surface area contributed by atoms with Gasteiger partial charge in [-0.15, -0.1) is 0 Å². The number of carbonyl (C=O) groups is 2. The number of aliphatic carboxylic acids is 1. The maximum atomic E-state index is 14.2. The van der Waals surface area contributed by atoms with Gasteiger partial charge in [0.05, 0.1) is 18.4 Å². The molecule has 0 bridgehead atoms. The van der Waals surface area contributed by atoms with Crippen LogP contribution >= 0.6 is 15.9 Å². The Bertz CT molecular complexity index is 1220. The summed E-state index contributed by atoms with van der Waals surface area (Å²) in [5, 5.41) is 12.5. The smallest absolute Gasteiger partial charge is 0.341 e. The van der Waals surface area contributed by atoms with Gasteiger partial charge in [0.15, 0.2) is 41.4 Å². The number of methoxy groups -OCH3 is 1. The predicted molar refractivity (Wildman–Crippen MR) is 109 cm³/mol. The first kappa shape index (κ1) is 24.2. The number of carboxylic acids is 1. The number of carboxylic acid groups (broad SMARTS) is 1. The first-order chi connectivity index (χ1) is 15.5. The van der Waals surface area contributed by atoms with Crippen LogP contribution in [-0.4, -0.2) is 36.4 Å². The Morgan fingerprint density at radius 1 is 1.09 bits per heavy atom. The molecule has 1 aliphatic rings. The fourth-order valence-electron chi connectivity index (χ4n) is 2.84. The number of nitrogens with zero attached hydrogens (tertiary/aromatic N) is 2. The molecule has 0 spiro atoms. The van der Waals surface area contributed by atoms with Crippen LogP contribution in [0.25, 0.3) is 6.08 Å². The van der Waals surface area contributed by atoms with Gasteiger partial charge in [0.1, 0.15) is 5.69 Å². The van der Waals surface area contributed by atoms with Crippen molar-refractivity contribution in [2.24, 2.45) is 5.10 Å². The minimum Gasteiger partial charge on any atom is -0.493 e. The summed E-state index contributed by atoms with van der Waals surface area (Å²) >= 11 is 3.22. The van der Waals surface area contributed by atoms with Gasteiger partial charge in [-0.05, 0) is 30.7 Å². The first-order valence-electron chi connectivity index (χ1n) is 8.83. The standard InChI is InChI=1S/C20H12BrF5N2O5/c1-7-9(3-8-4-11(32-2)12(5-10(8)21)33-6-13(29)30)20(31)28(27-7)19-17(25)15(23)14(22)16(24)18(19)26/h3-5H,6H2,1-2H3,(H,29,30)/b9-3+. The molecule has 0 aromatic heterocycles. The second kappa shape index (κ2) is 9.17. The Hall–Kier alpha value is -3.48. The molecule has 2 aromatic carbocycles. The van der Waals surface area contributed by atoms with Crippen LogP contribution in [0.15, 0.2) is 27.3 Å². The summed E-state index contributed by atoms with van der Waals surface area (Å²) in [6.45, 7) is 0.648. The van der Waals surface area contributed by atoms with E-state index in [1.54, 1.807) is 0 Å². The van der Waals surface area contributed by atoms with Crippen LogP contribution in [0.1, 0.15) is 12.5 Å². The van der Waals surface area contributed by atoms with E-state index in [0.717, 1.165) is 0 Å². The lowest BCUT2D eigenvalue weighted by molar-refractivity contribution is -0.139. The highest BCUT2D eigenvalue weighted by Crippen LogP contribution is 2.37.